The fourth-order valence-corrected chi connectivity index (χ4v) is 1.84. The standard InChI is InChI=1S/C13H14N2O3/c1-14-7-8-5-11(13(16)17)10-4-3-9(18-2)6-12(10)15-8/h3-6,14H,7H2,1-2H3,(H,16,17). The lowest BCUT2D eigenvalue weighted by Gasteiger charge is -2.08. The zero-order chi connectivity index (χ0) is 13.1. The number of fused-ring (bicyclic) bond motifs is 1. The zero-order valence-electron chi connectivity index (χ0n) is 10.2. The molecule has 0 saturated heterocycles. The molecule has 0 aliphatic carbocycles. The van der Waals surface area contributed by atoms with Crippen LogP contribution in [0.15, 0.2) is 24.3 Å². The lowest BCUT2D eigenvalue weighted by Crippen LogP contribution is -2.09. The second-order valence-corrected chi connectivity index (χ2v) is 3.88. The molecule has 2 N–H and O–H groups in total. The van der Waals surface area contributed by atoms with Gasteiger partial charge in [0.2, 0.25) is 0 Å². The van der Waals surface area contributed by atoms with Gasteiger partial charge in [-0.25, -0.2) is 4.79 Å². The van der Waals surface area contributed by atoms with Gasteiger partial charge in [-0.1, -0.05) is 0 Å². The largest absolute Gasteiger partial charge is 0.497 e. The summed E-state index contributed by atoms with van der Waals surface area (Å²) in [6, 6.07) is 6.77. The van der Waals surface area contributed by atoms with Gasteiger partial charge in [-0.05, 0) is 25.2 Å². The van der Waals surface area contributed by atoms with Crippen molar-refractivity contribution in [3.63, 3.8) is 0 Å². The van der Waals surface area contributed by atoms with Gasteiger partial charge in [-0.3, -0.25) is 4.98 Å². The molecule has 18 heavy (non-hydrogen) atoms. The number of carboxylic acid groups (broad SMARTS) is 1. The average Bonchev–Trinajstić information content (AvgIpc) is 2.37. The molecule has 5 nitrogen and oxygen atoms in total. The maximum Gasteiger partial charge on any atom is 0.336 e. The Labute approximate surface area is 104 Å². The predicted octanol–water partition coefficient (Wildman–Crippen LogP) is 1.66. The molecule has 94 valence electrons. The van der Waals surface area contributed by atoms with E-state index in [-0.39, 0.29) is 5.56 Å². The molecule has 0 aliphatic rings. The van der Waals surface area contributed by atoms with E-state index in [0.717, 1.165) is 0 Å². The van der Waals surface area contributed by atoms with Gasteiger partial charge in [0.1, 0.15) is 5.75 Å². The van der Waals surface area contributed by atoms with Gasteiger partial charge >= 0.3 is 5.97 Å². The zero-order valence-corrected chi connectivity index (χ0v) is 10.2. The Morgan fingerprint density at radius 2 is 2.22 bits per heavy atom. The summed E-state index contributed by atoms with van der Waals surface area (Å²) in [5, 5.41) is 12.8. The quantitative estimate of drug-likeness (QED) is 0.858. The van der Waals surface area contributed by atoms with Crippen molar-refractivity contribution >= 4 is 16.9 Å². The number of rotatable bonds is 4. The lowest BCUT2D eigenvalue weighted by atomic mass is 10.1. The summed E-state index contributed by atoms with van der Waals surface area (Å²) in [5.41, 5.74) is 1.57. The summed E-state index contributed by atoms with van der Waals surface area (Å²) in [6.07, 6.45) is 0. The molecule has 0 aliphatic heterocycles. The van der Waals surface area contributed by atoms with Gasteiger partial charge in [0.25, 0.3) is 0 Å². The van der Waals surface area contributed by atoms with Crippen LogP contribution in [0.2, 0.25) is 0 Å². The Morgan fingerprint density at radius 1 is 1.44 bits per heavy atom. The van der Waals surface area contributed by atoms with E-state index in [1.165, 1.54) is 0 Å². The summed E-state index contributed by atoms with van der Waals surface area (Å²) in [4.78, 5) is 15.7. The van der Waals surface area contributed by atoms with Crippen molar-refractivity contribution in [1.29, 1.82) is 0 Å². The summed E-state index contributed by atoms with van der Waals surface area (Å²) in [6.45, 7) is 0.521. The molecule has 0 spiro atoms. The molecule has 2 aromatic rings. The number of aromatic nitrogens is 1. The highest BCUT2D eigenvalue weighted by molar-refractivity contribution is 6.02. The van der Waals surface area contributed by atoms with Crippen LogP contribution in [0.25, 0.3) is 10.9 Å². The van der Waals surface area contributed by atoms with Crippen molar-refractivity contribution in [1.82, 2.24) is 10.3 Å². The van der Waals surface area contributed by atoms with Crippen molar-refractivity contribution in [3.05, 3.63) is 35.5 Å². The van der Waals surface area contributed by atoms with Crippen LogP contribution in [-0.2, 0) is 6.54 Å². The third kappa shape index (κ3) is 2.26. The number of pyridine rings is 1. The summed E-state index contributed by atoms with van der Waals surface area (Å²) in [5.74, 6) is -0.294. The third-order valence-corrected chi connectivity index (χ3v) is 2.66. The van der Waals surface area contributed by atoms with E-state index in [2.05, 4.69) is 10.3 Å². The third-order valence-electron chi connectivity index (χ3n) is 2.66. The second kappa shape index (κ2) is 5.01. The summed E-state index contributed by atoms with van der Waals surface area (Å²) in [7, 11) is 3.36. The molecule has 0 atom stereocenters. The topological polar surface area (TPSA) is 71.5 Å². The first-order chi connectivity index (χ1) is 8.65. The van der Waals surface area contributed by atoms with Crippen molar-refractivity contribution in [2.24, 2.45) is 0 Å². The molecule has 0 amide bonds. The van der Waals surface area contributed by atoms with Crippen LogP contribution in [0.5, 0.6) is 5.75 Å². The molecular formula is C13H14N2O3. The first-order valence-electron chi connectivity index (χ1n) is 5.51. The first kappa shape index (κ1) is 12.3. The number of carbonyl (C=O) groups is 1. The van der Waals surface area contributed by atoms with Crippen LogP contribution >= 0.6 is 0 Å². The molecular weight excluding hydrogens is 232 g/mol. The maximum atomic E-state index is 11.2. The highest BCUT2D eigenvalue weighted by Gasteiger charge is 2.12. The van der Waals surface area contributed by atoms with Gasteiger partial charge < -0.3 is 15.2 Å². The minimum absolute atomic E-state index is 0.257. The Hall–Kier alpha value is -2.14. The van der Waals surface area contributed by atoms with E-state index in [9.17, 15) is 9.90 Å². The predicted molar refractivity (Wildman–Crippen MR) is 68.0 cm³/mol. The van der Waals surface area contributed by atoms with Crippen molar-refractivity contribution in [2.75, 3.05) is 14.2 Å². The van der Waals surface area contributed by atoms with Crippen molar-refractivity contribution in [3.8, 4) is 5.75 Å². The molecule has 0 unspecified atom stereocenters. The van der Waals surface area contributed by atoms with E-state index in [4.69, 9.17) is 4.74 Å². The number of ether oxygens (including phenoxy) is 1. The van der Waals surface area contributed by atoms with E-state index in [1.54, 1.807) is 38.4 Å². The number of nitrogens with zero attached hydrogens (tertiary/aromatic N) is 1. The highest BCUT2D eigenvalue weighted by atomic mass is 16.5. The molecule has 1 heterocycles. The fourth-order valence-electron chi connectivity index (χ4n) is 1.84. The highest BCUT2D eigenvalue weighted by Crippen LogP contribution is 2.23. The fraction of sp³-hybridized carbons (Fsp3) is 0.231. The van der Waals surface area contributed by atoms with Gasteiger partial charge in [-0.2, -0.15) is 0 Å². The number of nitrogens with one attached hydrogen (secondary N) is 1. The normalized spacial score (nSPS) is 10.6. The van der Waals surface area contributed by atoms with Crippen LogP contribution in [0.4, 0.5) is 0 Å². The molecule has 0 radical (unpaired) electrons. The summed E-state index contributed by atoms with van der Waals surface area (Å²) < 4.78 is 5.12. The van der Waals surface area contributed by atoms with Crippen molar-refractivity contribution in [2.45, 2.75) is 6.54 Å². The van der Waals surface area contributed by atoms with Crippen LogP contribution in [0.3, 0.4) is 0 Å². The van der Waals surface area contributed by atoms with Gasteiger partial charge in [-0.15, -0.1) is 0 Å². The first-order valence-corrected chi connectivity index (χ1v) is 5.51. The smallest absolute Gasteiger partial charge is 0.336 e. The van der Waals surface area contributed by atoms with Crippen LogP contribution in [0, 0.1) is 0 Å². The monoisotopic (exact) mass is 246 g/mol. The molecule has 0 bridgehead atoms. The Kier molecular flexibility index (Phi) is 3.43. The number of hydrogen-bond donors (Lipinski definition) is 2. The van der Waals surface area contributed by atoms with E-state index >= 15 is 0 Å². The van der Waals surface area contributed by atoms with E-state index in [0.29, 0.717) is 28.9 Å². The molecule has 1 aromatic heterocycles. The lowest BCUT2D eigenvalue weighted by molar-refractivity contribution is 0.0699. The van der Waals surface area contributed by atoms with Gasteiger partial charge in [0, 0.05) is 18.0 Å². The molecule has 5 heteroatoms. The average molecular weight is 246 g/mol. The van der Waals surface area contributed by atoms with E-state index in [1.807, 2.05) is 0 Å². The number of methoxy groups -OCH3 is 1. The number of aromatic carboxylic acids is 1. The summed E-state index contributed by atoms with van der Waals surface area (Å²) >= 11 is 0. The van der Waals surface area contributed by atoms with Gasteiger partial charge in [0.15, 0.2) is 0 Å². The molecule has 2 rings (SSSR count). The molecule has 1 aromatic carbocycles. The minimum Gasteiger partial charge on any atom is -0.497 e. The van der Waals surface area contributed by atoms with Crippen LogP contribution < -0.4 is 10.1 Å². The van der Waals surface area contributed by atoms with E-state index < -0.39 is 5.97 Å². The number of carboxylic acids is 1. The second-order valence-electron chi connectivity index (χ2n) is 3.88. The van der Waals surface area contributed by atoms with Crippen LogP contribution in [0.1, 0.15) is 16.1 Å². The Bertz CT molecular complexity index is 596. The number of hydrogen-bond acceptors (Lipinski definition) is 4. The van der Waals surface area contributed by atoms with Crippen LogP contribution in [-0.4, -0.2) is 30.2 Å². The van der Waals surface area contributed by atoms with Gasteiger partial charge in [0.05, 0.1) is 23.9 Å². The Balaban J connectivity index is 2.68. The molecule has 0 saturated carbocycles. The minimum atomic E-state index is -0.954. The van der Waals surface area contributed by atoms with Crippen molar-refractivity contribution < 1.29 is 14.6 Å². The SMILES string of the molecule is CNCc1cc(C(=O)O)c2ccc(OC)cc2n1. The number of benzene rings is 1. The molecule has 0 fully saturated rings. The Morgan fingerprint density at radius 3 is 2.83 bits per heavy atom. The maximum absolute atomic E-state index is 11.2.